The molecule has 1 N–H and O–H groups in total. The number of aryl methyl sites for hydroxylation is 1. The number of hydrogen-bond donors (Lipinski definition) is 1. The molecule has 5 heteroatoms. The van der Waals surface area contributed by atoms with Crippen molar-refractivity contribution >= 4 is 5.91 Å². The molecule has 1 aromatic heterocycles. The van der Waals surface area contributed by atoms with Crippen molar-refractivity contribution in [1.82, 2.24) is 15.5 Å². The maximum atomic E-state index is 11.2. The highest BCUT2D eigenvalue weighted by atomic mass is 16.4. The molecular weight excluding hydrogens is 230 g/mol. The fourth-order valence-electron chi connectivity index (χ4n) is 1.75. The van der Waals surface area contributed by atoms with E-state index in [1.165, 1.54) is 6.92 Å². The third kappa shape index (κ3) is 3.16. The second-order valence-electron chi connectivity index (χ2n) is 4.10. The summed E-state index contributed by atoms with van der Waals surface area (Å²) in [6.45, 7) is 3.20. The van der Waals surface area contributed by atoms with E-state index in [0.717, 1.165) is 5.56 Å². The van der Waals surface area contributed by atoms with Crippen LogP contribution in [0.25, 0.3) is 0 Å². The number of carbonyl (C=O) groups excluding carboxylic acids is 1. The molecule has 0 aliphatic carbocycles. The van der Waals surface area contributed by atoms with Gasteiger partial charge in [0, 0.05) is 20.3 Å². The van der Waals surface area contributed by atoms with E-state index in [4.69, 9.17) is 4.42 Å². The van der Waals surface area contributed by atoms with Gasteiger partial charge in [-0.1, -0.05) is 30.3 Å². The zero-order chi connectivity index (χ0) is 13.0. The van der Waals surface area contributed by atoms with Gasteiger partial charge in [-0.2, -0.15) is 0 Å². The first kappa shape index (κ1) is 12.3. The summed E-state index contributed by atoms with van der Waals surface area (Å²) < 4.78 is 5.38. The van der Waals surface area contributed by atoms with E-state index in [1.807, 2.05) is 30.3 Å². The Balaban J connectivity index is 2.18. The van der Waals surface area contributed by atoms with Crippen LogP contribution in [0.4, 0.5) is 0 Å². The van der Waals surface area contributed by atoms with E-state index in [1.54, 1.807) is 6.92 Å². The van der Waals surface area contributed by atoms with Crippen molar-refractivity contribution in [1.29, 1.82) is 0 Å². The molecule has 18 heavy (non-hydrogen) atoms. The summed E-state index contributed by atoms with van der Waals surface area (Å²) in [6.07, 6.45) is 0.627. The van der Waals surface area contributed by atoms with Gasteiger partial charge in [0.2, 0.25) is 17.7 Å². The predicted octanol–water partition coefficient (Wildman–Crippen LogP) is 1.80. The number of nitrogens with one attached hydrogen (secondary N) is 1. The lowest BCUT2D eigenvalue weighted by Crippen LogP contribution is -2.28. The Morgan fingerprint density at radius 1 is 1.33 bits per heavy atom. The SMILES string of the molecule is CC(=O)NC(Cc1ccccc1)c1nnc(C)o1. The van der Waals surface area contributed by atoms with Gasteiger partial charge >= 0.3 is 0 Å². The smallest absolute Gasteiger partial charge is 0.239 e. The average molecular weight is 245 g/mol. The Morgan fingerprint density at radius 2 is 2.06 bits per heavy atom. The van der Waals surface area contributed by atoms with Gasteiger partial charge in [-0.25, -0.2) is 0 Å². The van der Waals surface area contributed by atoms with Crippen molar-refractivity contribution in [2.24, 2.45) is 0 Å². The van der Waals surface area contributed by atoms with Crippen molar-refractivity contribution < 1.29 is 9.21 Å². The van der Waals surface area contributed by atoms with Crippen molar-refractivity contribution in [2.45, 2.75) is 26.3 Å². The van der Waals surface area contributed by atoms with E-state index >= 15 is 0 Å². The van der Waals surface area contributed by atoms with Gasteiger partial charge in [-0.05, 0) is 5.56 Å². The van der Waals surface area contributed by atoms with Crippen LogP contribution in [0.2, 0.25) is 0 Å². The first-order chi connectivity index (χ1) is 8.65. The average Bonchev–Trinajstić information content (AvgIpc) is 2.76. The Bertz CT molecular complexity index is 522. The van der Waals surface area contributed by atoms with Gasteiger partial charge in [-0.15, -0.1) is 10.2 Å². The predicted molar refractivity (Wildman–Crippen MR) is 65.7 cm³/mol. The van der Waals surface area contributed by atoms with E-state index in [0.29, 0.717) is 18.2 Å². The lowest BCUT2D eigenvalue weighted by Gasteiger charge is -2.13. The second-order valence-corrected chi connectivity index (χ2v) is 4.10. The quantitative estimate of drug-likeness (QED) is 0.891. The van der Waals surface area contributed by atoms with Crippen LogP contribution in [0.3, 0.4) is 0 Å². The standard InChI is InChI=1S/C13H15N3O2/c1-9(17)14-12(13-16-15-10(2)18-13)8-11-6-4-3-5-7-11/h3-7,12H,8H2,1-2H3,(H,14,17). The third-order valence-corrected chi connectivity index (χ3v) is 2.50. The normalized spacial score (nSPS) is 12.1. The molecular formula is C13H15N3O2. The molecule has 1 amide bonds. The fraction of sp³-hybridized carbons (Fsp3) is 0.308. The summed E-state index contributed by atoms with van der Waals surface area (Å²) in [5.41, 5.74) is 1.10. The van der Waals surface area contributed by atoms with E-state index in [-0.39, 0.29) is 11.9 Å². The van der Waals surface area contributed by atoms with Crippen LogP contribution in [-0.2, 0) is 11.2 Å². The highest BCUT2D eigenvalue weighted by Gasteiger charge is 2.19. The Labute approximate surface area is 105 Å². The summed E-state index contributed by atoms with van der Waals surface area (Å²) in [6, 6.07) is 9.58. The highest BCUT2D eigenvalue weighted by molar-refractivity contribution is 5.73. The maximum absolute atomic E-state index is 11.2. The molecule has 0 saturated heterocycles. The van der Waals surface area contributed by atoms with Gasteiger partial charge in [0.15, 0.2) is 0 Å². The molecule has 0 fully saturated rings. The van der Waals surface area contributed by atoms with Gasteiger partial charge in [0.05, 0.1) is 0 Å². The number of rotatable bonds is 4. The number of aromatic nitrogens is 2. The van der Waals surface area contributed by atoms with Crippen LogP contribution >= 0.6 is 0 Å². The maximum Gasteiger partial charge on any atom is 0.239 e. The molecule has 1 atom stereocenters. The Kier molecular flexibility index (Phi) is 3.72. The van der Waals surface area contributed by atoms with Crippen LogP contribution < -0.4 is 5.32 Å². The number of carbonyl (C=O) groups is 1. The van der Waals surface area contributed by atoms with E-state index < -0.39 is 0 Å². The zero-order valence-electron chi connectivity index (χ0n) is 10.4. The molecule has 0 radical (unpaired) electrons. The molecule has 2 aromatic rings. The second kappa shape index (κ2) is 5.44. The molecule has 94 valence electrons. The molecule has 0 aliphatic heterocycles. The van der Waals surface area contributed by atoms with Gasteiger partial charge in [-0.3, -0.25) is 4.79 Å². The zero-order valence-corrected chi connectivity index (χ0v) is 10.4. The summed E-state index contributed by atoms with van der Waals surface area (Å²) in [5, 5.41) is 10.6. The number of nitrogens with zero attached hydrogens (tertiary/aromatic N) is 2. The van der Waals surface area contributed by atoms with Crippen LogP contribution in [-0.4, -0.2) is 16.1 Å². The molecule has 2 rings (SSSR count). The van der Waals surface area contributed by atoms with Crippen molar-refractivity contribution in [3.8, 4) is 0 Å². The highest BCUT2D eigenvalue weighted by Crippen LogP contribution is 2.17. The van der Waals surface area contributed by atoms with Crippen molar-refractivity contribution in [3.05, 3.63) is 47.7 Å². The number of hydrogen-bond acceptors (Lipinski definition) is 4. The monoisotopic (exact) mass is 245 g/mol. The number of benzene rings is 1. The minimum atomic E-state index is -0.286. The molecule has 1 heterocycles. The largest absolute Gasteiger partial charge is 0.423 e. The van der Waals surface area contributed by atoms with Gasteiger partial charge < -0.3 is 9.73 Å². The van der Waals surface area contributed by atoms with E-state index in [2.05, 4.69) is 15.5 Å². The first-order valence-corrected chi connectivity index (χ1v) is 5.76. The summed E-state index contributed by atoms with van der Waals surface area (Å²) in [5.74, 6) is 0.812. The third-order valence-electron chi connectivity index (χ3n) is 2.50. The first-order valence-electron chi connectivity index (χ1n) is 5.76. The lowest BCUT2D eigenvalue weighted by atomic mass is 10.1. The minimum Gasteiger partial charge on any atom is -0.423 e. The molecule has 0 aliphatic rings. The number of amides is 1. The lowest BCUT2D eigenvalue weighted by molar-refractivity contribution is -0.119. The van der Waals surface area contributed by atoms with Crippen LogP contribution in [0.15, 0.2) is 34.7 Å². The fourth-order valence-corrected chi connectivity index (χ4v) is 1.75. The molecule has 0 saturated carbocycles. The van der Waals surface area contributed by atoms with Gasteiger partial charge in [0.1, 0.15) is 6.04 Å². The summed E-state index contributed by atoms with van der Waals surface area (Å²) >= 11 is 0. The van der Waals surface area contributed by atoms with Crippen molar-refractivity contribution in [3.63, 3.8) is 0 Å². The molecule has 0 bridgehead atoms. The van der Waals surface area contributed by atoms with Gasteiger partial charge in [0.25, 0.3) is 0 Å². The topological polar surface area (TPSA) is 68.0 Å². The summed E-state index contributed by atoms with van der Waals surface area (Å²) in [4.78, 5) is 11.2. The molecule has 1 aromatic carbocycles. The van der Waals surface area contributed by atoms with Crippen molar-refractivity contribution in [2.75, 3.05) is 0 Å². The molecule has 5 nitrogen and oxygen atoms in total. The minimum absolute atomic E-state index is 0.119. The Hall–Kier alpha value is -2.17. The van der Waals surface area contributed by atoms with Crippen LogP contribution in [0.1, 0.15) is 30.3 Å². The Morgan fingerprint density at radius 3 is 2.61 bits per heavy atom. The van der Waals surface area contributed by atoms with E-state index in [9.17, 15) is 4.79 Å². The van der Waals surface area contributed by atoms with Crippen LogP contribution in [0.5, 0.6) is 0 Å². The molecule has 0 spiro atoms. The molecule has 1 unspecified atom stereocenters. The summed E-state index contributed by atoms with van der Waals surface area (Å²) in [7, 11) is 0. The van der Waals surface area contributed by atoms with Crippen LogP contribution in [0, 0.1) is 6.92 Å².